The minimum Gasteiger partial charge on any atom is -0.370 e. The number of nitrogens with zero attached hydrogens (tertiary/aromatic N) is 2. The number of nitrogens with two attached hydrogens (primary N) is 1. The van der Waals surface area contributed by atoms with Crippen LogP contribution in [0, 0.1) is 0 Å². The van der Waals surface area contributed by atoms with E-state index in [1.807, 2.05) is 0 Å². The van der Waals surface area contributed by atoms with Crippen molar-refractivity contribution >= 4 is 5.96 Å². The first-order chi connectivity index (χ1) is 9.79. The van der Waals surface area contributed by atoms with E-state index in [-0.39, 0.29) is 0 Å². The molecule has 1 heterocycles. The fourth-order valence-electron chi connectivity index (χ4n) is 2.61. The van der Waals surface area contributed by atoms with E-state index in [1.54, 1.807) is 0 Å². The second-order valence-corrected chi connectivity index (χ2v) is 5.92. The van der Waals surface area contributed by atoms with Crippen LogP contribution in [-0.2, 0) is 13.1 Å². The maximum Gasteiger partial charge on any atom is 0.189 e. The van der Waals surface area contributed by atoms with Gasteiger partial charge in [-0.1, -0.05) is 24.3 Å². The first-order valence-corrected chi connectivity index (χ1v) is 7.66. The van der Waals surface area contributed by atoms with Gasteiger partial charge in [0.2, 0.25) is 0 Å². The third-order valence-corrected chi connectivity index (χ3v) is 3.99. The van der Waals surface area contributed by atoms with Gasteiger partial charge in [-0.3, -0.25) is 4.90 Å². The summed E-state index contributed by atoms with van der Waals surface area (Å²) in [4.78, 5) is 6.90. The van der Waals surface area contributed by atoms with Crippen LogP contribution in [0.1, 0.15) is 36.8 Å². The van der Waals surface area contributed by atoms with Crippen molar-refractivity contribution in [3.8, 4) is 0 Å². The Morgan fingerprint density at radius 3 is 2.45 bits per heavy atom. The Labute approximate surface area is 121 Å². The van der Waals surface area contributed by atoms with E-state index < -0.39 is 0 Å². The average molecular weight is 272 g/mol. The Morgan fingerprint density at radius 1 is 1.15 bits per heavy atom. The molecule has 1 aromatic rings. The summed E-state index contributed by atoms with van der Waals surface area (Å²) >= 11 is 0. The van der Waals surface area contributed by atoms with Crippen LogP contribution >= 0.6 is 0 Å². The van der Waals surface area contributed by atoms with Crippen molar-refractivity contribution in [1.82, 2.24) is 10.2 Å². The Bertz CT molecular complexity index is 456. The predicted molar refractivity (Wildman–Crippen MR) is 82.4 cm³/mol. The number of benzene rings is 1. The molecule has 4 nitrogen and oxygen atoms in total. The monoisotopic (exact) mass is 272 g/mol. The van der Waals surface area contributed by atoms with E-state index in [0.717, 1.165) is 6.54 Å². The van der Waals surface area contributed by atoms with Crippen molar-refractivity contribution in [2.24, 2.45) is 10.7 Å². The Balaban J connectivity index is 1.49. The average Bonchev–Trinajstić information content (AvgIpc) is 3.12. The first-order valence-electron chi connectivity index (χ1n) is 7.66. The molecule has 108 valence electrons. The third kappa shape index (κ3) is 3.97. The Hall–Kier alpha value is -1.55. The van der Waals surface area contributed by atoms with E-state index in [1.165, 1.54) is 49.9 Å². The first kappa shape index (κ1) is 13.4. The fourth-order valence-corrected chi connectivity index (χ4v) is 2.61. The third-order valence-electron chi connectivity index (χ3n) is 3.99. The molecule has 1 aliphatic heterocycles. The number of likely N-dealkylation sites (tertiary alicyclic amines) is 1. The smallest absolute Gasteiger partial charge is 0.189 e. The van der Waals surface area contributed by atoms with Gasteiger partial charge in [-0.25, -0.2) is 4.99 Å². The molecule has 2 fully saturated rings. The van der Waals surface area contributed by atoms with Gasteiger partial charge in [0.15, 0.2) is 5.96 Å². The number of guanidine groups is 1. The highest BCUT2D eigenvalue weighted by molar-refractivity contribution is 5.78. The van der Waals surface area contributed by atoms with E-state index in [0.29, 0.717) is 18.5 Å². The van der Waals surface area contributed by atoms with Gasteiger partial charge >= 0.3 is 0 Å². The van der Waals surface area contributed by atoms with Crippen LogP contribution < -0.4 is 11.1 Å². The summed E-state index contributed by atoms with van der Waals surface area (Å²) in [6.45, 7) is 4.23. The topological polar surface area (TPSA) is 53.6 Å². The minimum atomic E-state index is 0.571. The highest BCUT2D eigenvalue weighted by Gasteiger charge is 2.21. The molecular formula is C16H24N4. The lowest BCUT2D eigenvalue weighted by atomic mass is 10.1. The molecule has 20 heavy (non-hydrogen) atoms. The molecule has 1 aliphatic carbocycles. The molecule has 0 unspecified atom stereocenters. The zero-order valence-electron chi connectivity index (χ0n) is 12.0. The summed E-state index contributed by atoms with van der Waals surface area (Å²) in [5.41, 5.74) is 8.44. The lowest BCUT2D eigenvalue weighted by Gasteiger charge is -2.14. The summed E-state index contributed by atoms with van der Waals surface area (Å²) in [5.74, 6) is 0.577. The van der Waals surface area contributed by atoms with Crippen molar-refractivity contribution in [2.75, 3.05) is 13.1 Å². The molecular weight excluding hydrogens is 248 g/mol. The zero-order valence-corrected chi connectivity index (χ0v) is 12.0. The molecule has 3 N–H and O–H groups in total. The second kappa shape index (κ2) is 6.27. The van der Waals surface area contributed by atoms with Gasteiger partial charge in [-0.05, 0) is 49.9 Å². The maximum absolute atomic E-state index is 5.83. The minimum absolute atomic E-state index is 0.571. The molecule has 1 saturated carbocycles. The second-order valence-electron chi connectivity index (χ2n) is 5.92. The molecule has 3 rings (SSSR count). The van der Waals surface area contributed by atoms with Crippen LogP contribution in [0.25, 0.3) is 0 Å². The number of aliphatic imine (C=N–C) groups is 1. The molecule has 1 aromatic carbocycles. The predicted octanol–water partition coefficient (Wildman–Crippen LogP) is 1.85. The number of hydrogen-bond acceptors (Lipinski definition) is 2. The van der Waals surface area contributed by atoms with Gasteiger partial charge in [0.25, 0.3) is 0 Å². The molecule has 0 aromatic heterocycles. The molecule has 0 bridgehead atoms. The zero-order chi connectivity index (χ0) is 13.8. The van der Waals surface area contributed by atoms with Crippen molar-refractivity contribution < 1.29 is 0 Å². The van der Waals surface area contributed by atoms with Gasteiger partial charge in [0.1, 0.15) is 0 Å². The van der Waals surface area contributed by atoms with Crippen LogP contribution in [-0.4, -0.2) is 30.0 Å². The van der Waals surface area contributed by atoms with Gasteiger partial charge in [0, 0.05) is 12.6 Å². The van der Waals surface area contributed by atoms with Gasteiger partial charge in [0.05, 0.1) is 6.54 Å². The van der Waals surface area contributed by atoms with Gasteiger partial charge in [-0.15, -0.1) is 0 Å². The summed E-state index contributed by atoms with van der Waals surface area (Å²) < 4.78 is 0. The molecule has 0 amide bonds. The SMILES string of the molecule is NC(=NCc1ccc(CN2CCCC2)cc1)NC1CC1. The van der Waals surface area contributed by atoms with Crippen LogP contribution in [0.2, 0.25) is 0 Å². The lowest BCUT2D eigenvalue weighted by molar-refractivity contribution is 0.331. The van der Waals surface area contributed by atoms with Crippen LogP contribution in [0.4, 0.5) is 0 Å². The van der Waals surface area contributed by atoms with Crippen molar-refractivity contribution in [2.45, 2.75) is 44.8 Å². The molecule has 2 aliphatic rings. The fraction of sp³-hybridized carbons (Fsp3) is 0.562. The summed E-state index contributed by atoms with van der Waals surface area (Å²) in [6.07, 6.45) is 5.14. The van der Waals surface area contributed by atoms with Crippen LogP contribution in [0.3, 0.4) is 0 Å². The molecule has 0 spiro atoms. The Kier molecular flexibility index (Phi) is 4.21. The van der Waals surface area contributed by atoms with E-state index >= 15 is 0 Å². The number of hydrogen-bond donors (Lipinski definition) is 2. The number of nitrogens with one attached hydrogen (secondary N) is 1. The highest BCUT2D eigenvalue weighted by atomic mass is 15.1. The van der Waals surface area contributed by atoms with Gasteiger partial charge < -0.3 is 11.1 Å². The molecule has 1 saturated heterocycles. The summed E-state index contributed by atoms with van der Waals surface area (Å²) in [5, 5.41) is 3.20. The maximum atomic E-state index is 5.83. The van der Waals surface area contributed by atoms with E-state index in [9.17, 15) is 0 Å². The van der Waals surface area contributed by atoms with Crippen molar-refractivity contribution in [1.29, 1.82) is 0 Å². The normalized spacial score (nSPS) is 20.3. The molecule has 0 atom stereocenters. The van der Waals surface area contributed by atoms with Crippen molar-refractivity contribution in [3.63, 3.8) is 0 Å². The highest BCUT2D eigenvalue weighted by Crippen LogP contribution is 2.18. The van der Waals surface area contributed by atoms with E-state index in [2.05, 4.69) is 39.5 Å². The molecule has 0 radical (unpaired) electrons. The van der Waals surface area contributed by atoms with Crippen LogP contribution in [0.15, 0.2) is 29.3 Å². The molecule has 4 heteroatoms. The van der Waals surface area contributed by atoms with Crippen LogP contribution in [0.5, 0.6) is 0 Å². The van der Waals surface area contributed by atoms with E-state index in [4.69, 9.17) is 5.73 Å². The summed E-state index contributed by atoms with van der Waals surface area (Å²) in [7, 11) is 0. The Morgan fingerprint density at radius 2 is 1.80 bits per heavy atom. The standard InChI is InChI=1S/C16H24N4/c17-16(19-15-7-8-15)18-11-13-3-5-14(6-4-13)12-20-9-1-2-10-20/h3-6,15H,1-2,7-12H2,(H3,17,18,19). The quantitative estimate of drug-likeness (QED) is 0.635. The lowest BCUT2D eigenvalue weighted by Crippen LogP contribution is -2.33. The largest absolute Gasteiger partial charge is 0.370 e. The van der Waals surface area contributed by atoms with Crippen molar-refractivity contribution in [3.05, 3.63) is 35.4 Å². The number of rotatable bonds is 5. The summed E-state index contributed by atoms with van der Waals surface area (Å²) in [6, 6.07) is 9.33. The van der Waals surface area contributed by atoms with Gasteiger partial charge in [-0.2, -0.15) is 0 Å².